The van der Waals surface area contributed by atoms with E-state index in [1.807, 2.05) is 6.92 Å². The molecule has 0 aliphatic carbocycles. The lowest BCUT2D eigenvalue weighted by atomic mass is 10.4. The van der Waals surface area contributed by atoms with Crippen molar-refractivity contribution in [3.05, 3.63) is 0 Å². The average molecular weight is 285 g/mol. The number of halogens is 1. The Hall–Kier alpha value is 0.120. The lowest BCUT2D eigenvalue weighted by molar-refractivity contribution is 0.0747. The van der Waals surface area contributed by atoms with Crippen LogP contribution in [-0.4, -0.2) is 62.3 Å². The van der Waals surface area contributed by atoms with E-state index in [4.69, 9.17) is 16.3 Å². The van der Waals surface area contributed by atoms with E-state index in [1.165, 1.54) is 8.61 Å². The van der Waals surface area contributed by atoms with Crippen LogP contribution >= 0.6 is 11.6 Å². The van der Waals surface area contributed by atoms with Crippen LogP contribution in [0.15, 0.2) is 0 Å². The van der Waals surface area contributed by atoms with Gasteiger partial charge >= 0.3 is 0 Å². The van der Waals surface area contributed by atoms with Crippen molar-refractivity contribution in [2.45, 2.75) is 25.9 Å². The molecule has 1 atom stereocenters. The topological polar surface area (TPSA) is 49.9 Å². The van der Waals surface area contributed by atoms with Gasteiger partial charge in [0.25, 0.3) is 10.2 Å². The van der Waals surface area contributed by atoms with Crippen LogP contribution < -0.4 is 0 Å². The summed E-state index contributed by atoms with van der Waals surface area (Å²) in [5.74, 6) is 0.472. The largest absolute Gasteiger partial charge is 0.377 e. The number of hydrogen-bond acceptors (Lipinski definition) is 3. The van der Waals surface area contributed by atoms with Gasteiger partial charge < -0.3 is 4.74 Å². The summed E-state index contributed by atoms with van der Waals surface area (Å²) in [6.07, 6.45) is 1.36. The fourth-order valence-corrected chi connectivity index (χ4v) is 3.39. The van der Waals surface area contributed by atoms with E-state index >= 15 is 0 Å². The van der Waals surface area contributed by atoms with Crippen molar-refractivity contribution in [3.63, 3.8) is 0 Å². The van der Waals surface area contributed by atoms with Crippen LogP contribution in [0.2, 0.25) is 0 Å². The Kier molecular flexibility index (Phi) is 6.16. The molecule has 1 saturated heterocycles. The normalized spacial score (nSPS) is 23.9. The third kappa shape index (κ3) is 4.37. The second-order valence-corrected chi connectivity index (χ2v) is 6.68. The molecule has 1 fully saturated rings. The molecule has 0 bridgehead atoms. The molecule has 0 aromatic carbocycles. The molecule has 0 saturated carbocycles. The zero-order valence-electron chi connectivity index (χ0n) is 10.4. The molecule has 0 aromatic heterocycles. The van der Waals surface area contributed by atoms with Crippen molar-refractivity contribution in [2.75, 3.05) is 39.2 Å². The van der Waals surface area contributed by atoms with Crippen molar-refractivity contribution in [1.29, 1.82) is 0 Å². The van der Waals surface area contributed by atoms with Gasteiger partial charge in [-0.2, -0.15) is 17.0 Å². The van der Waals surface area contributed by atoms with E-state index in [9.17, 15) is 8.42 Å². The van der Waals surface area contributed by atoms with Gasteiger partial charge in [0.1, 0.15) is 0 Å². The van der Waals surface area contributed by atoms with Gasteiger partial charge in [0.05, 0.1) is 6.10 Å². The number of rotatable bonds is 5. The first-order valence-electron chi connectivity index (χ1n) is 5.87. The molecule has 0 amide bonds. The maximum Gasteiger partial charge on any atom is 0.281 e. The van der Waals surface area contributed by atoms with Crippen LogP contribution in [0.1, 0.15) is 19.8 Å². The molecule has 0 N–H and O–H groups in total. The second kappa shape index (κ2) is 6.89. The molecule has 0 aromatic rings. The molecular formula is C10H21ClN2O3S. The molecule has 1 heterocycles. The van der Waals surface area contributed by atoms with Gasteiger partial charge in [-0.05, 0) is 19.8 Å². The van der Waals surface area contributed by atoms with Gasteiger partial charge in [-0.3, -0.25) is 0 Å². The lowest BCUT2D eigenvalue weighted by Gasteiger charge is -2.27. The highest BCUT2D eigenvalue weighted by molar-refractivity contribution is 7.86. The molecule has 1 aliphatic heterocycles. The van der Waals surface area contributed by atoms with E-state index in [2.05, 4.69) is 0 Å². The molecule has 1 aliphatic rings. The Balaban J connectivity index is 2.67. The lowest BCUT2D eigenvalue weighted by Crippen LogP contribution is -2.44. The molecule has 102 valence electrons. The van der Waals surface area contributed by atoms with Crippen LogP contribution in [0.4, 0.5) is 0 Å². The van der Waals surface area contributed by atoms with Crippen LogP contribution in [0, 0.1) is 0 Å². The fraction of sp³-hybridized carbons (Fsp3) is 1.00. The zero-order valence-corrected chi connectivity index (χ0v) is 12.0. The van der Waals surface area contributed by atoms with Crippen molar-refractivity contribution in [1.82, 2.24) is 8.61 Å². The minimum Gasteiger partial charge on any atom is -0.377 e. The Bertz CT molecular complexity index is 324. The standard InChI is InChI=1S/C10H21ClN2O3S/c1-10-9-13(7-4-8-16-10)17(14,15)12(2)6-3-5-11/h10H,3-9H2,1-2H3. The van der Waals surface area contributed by atoms with Crippen LogP contribution in [0.25, 0.3) is 0 Å². The van der Waals surface area contributed by atoms with Gasteiger partial charge in [0, 0.05) is 39.2 Å². The first-order chi connectivity index (χ1) is 7.98. The predicted octanol–water partition coefficient (Wildman–Crippen LogP) is 0.903. The van der Waals surface area contributed by atoms with Crippen LogP contribution in [0.5, 0.6) is 0 Å². The highest BCUT2D eigenvalue weighted by atomic mass is 35.5. The zero-order chi connectivity index (χ0) is 12.9. The Morgan fingerprint density at radius 3 is 2.88 bits per heavy atom. The molecule has 17 heavy (non-hydrogen) atoms. The van der Waals surface area contributed by atoms with Gasteiger partial charge in [-0.25, -0.2) is 0 Å². The molecule has 5 nitrogen and oxygen atoms in total. The minimum absolute atomic E-state index is 0.0475. The summed E-state index contributed by atoms with van der Waals surface area (Å²) in [6, 6.07) is 0. The van der Waals surface area contributed by atoms with Crippen molar-refractivity contribution in [3.8, 4) is 0 Å². The van der Waals surface area contributed by atoms with Crippen molar-refractivity contribution in [2.24, 2.45) is 0 Å². The monoisotopic (exact) mass is 284 g/mol. The molecule has 1 unspecified atom stereocenters. The summed E-state index contributed by atoms with van der Waals surface area (Å²) < 4.78 is 32.8. The summed E-state index contributed by atoms with van der Waals surface area (Å²) in [7, 11) is -1.77. The van der Waals surface area contributed by atoms with E-state index in [1.54, 1.807) is 7.05 Å². The Morgan fingerprint density at radius 2 is 2.24 bits per heavy atom. The SMILES string of the molecule is CC1CN(S(=O)(=O)N(C)CCCCl)CCCO1. The highest BCUT2D eigenvalue weighted by Crippen LogP contribution is 2.13. The molecule has 0 spiro atoms. The summed E-state index contributed by atoms with van der Waals surface area (Å²) in [5, 5.41) is 0. The van der Waals surface area contributed by atoms with E-state index in [0.717, 1.165) is 6.42 Å². The molecule has 1 rings (SSSR count). The molecule has 0 radical (unpaired) electrons. The van der Waals surface area contributed by atoms with Gasteiger partial charge in [0.15, 0.2) is 0 Å². The van der Waals surface area contributed by atoms with E-state index in [0.29, 0.717) is 38.5 Å². The number of nitrogens with zero attached hydrogens (tertiary/aromatic N) is 2. The number of hydrogen-bond donors (Lipinski definition) is 0. The minimum atomic E-state index is -3.36. The van der Waals surface area contributed by atoms with Crippen molar-refractivity contribution >= 4 is 21.8 Å². The summed E-state index contributed by atoms with van der Waals surface area (Å²) in [4.78, 5) is 0. The maximum atomic E-state index is 12.2. The van der Waals surface area contributed by atoms with Gasteiger partial charge in [-0.1, -0.05) is 0 Å². The highest BCUT2D eigenvalue weighted by Gasteiger charge is 2.29. The average Bonchev–Trinajstić information content (AvgIpc) is 2.50. The van der Waals surface area contributed by atoms with Crippen LogP contribution in [-0.2, 0) is 14.9 Å². The predicted molar refractivity (Wildman–Crippen MR) is 68.5 cm³/mol. The Labute approximate surface area is 109 Å². The molecular weight excluding hydrogens is 264 g/mol. The van der Waals surface area contributed by atoms with Gasteiger partial charge in [-0.15, -0.1) is 11.6 Å². The van der Waals surface area contributed by atoms with Crippen molar-refractivity contribution < 1.29 is 13.2 Å². The number of ether oxygens (including phenoxy) is 1. The third-order valence-electron chi connectivity index (χ3n) is 2.74. The van der Waals surface area contributed by atoms with Crippen LogP contribution in [0.3, 0.4) is 0 Å². The third-order valence-corrected chi connectivity index (χ3v) is 4.96. The fourth-order valence-electron chi connectivity index (χ4n) is 1.76. The first-order valence-corrected chi connectivity index (χ1v) is 7.80. The summed E-state index contributed by atoms with van der Waals surface area (Å²) in [6.45, 7) is 3.92. The Morgan fingerprint density at radius 1 is 1.53 bits per heavy atom. The molecule has 7 heteroatoms. The smallest absolute Gasteiger partial charge is 0.281 e. The van der Waals surface area contributed by atoms with Gasteiger partial charge in [0.2, 0.25) is 0 Å². The summed E-state index contributed by atoms with van der Waals surface area (Å²) in [5.41, 5.74) is 0. The second-order valence-electron chi connectivity index (χ2n) is 4.26. The first kappa shape index (κ1) is 15.2. The number of alkyl halides is 1. The summed E-state index contributed by atoms with van der Waals surface area (Å²) >= 11 is 5.58. The van der Waals surface area contributed by atoms with E-state index in [-0.39, 0.29) is 6.10 Å². The van der Waals surface area contributed by atoms with E-state index < -0.39 is 10.2 Å². The quantitative estimate of drug-likeness (QED) is 0.705. The maximum absolute atomic E-state index is 12.2.